The minimum atomic E-state index is -0.284. The molecule has 1 fully saturated rings. The van der Waals surface area contributed by atoms with Crippen molar-refractivity contribution in [3.8, 4) is 5.75 Å². The second-order valence-electron chi connectivity index (χ2n) is 3.94. The molecule has 1 aliphatic rings. The molecule has 0 bridgehead atoms. The first kappa shape index (κ1) is 10.1. The molecule has 1 aromatic rings. The van der Waals surface area contributed by atoms with E-state index < -0.39 is 0 Å². The van der Waals surface area contributed by atoms with Gasteiger partial charge in [-0.2, -0.15) is 0 Å². The van der Waals surface area contributed by atoms with Crippen LogP contribution in [0.25, 0.3) is 0 Å². The molecule has 1 saturated carbocycles. The monoisotopic (exact) mass is 208 g/mol. The third-order valence-electron chi connectivity index (χ3n) is 2.54. The number of hydrogen-bond donors (Lipinski definition) is 0. The van der Waals surface area contributed by atoms with Crippen LogP contribution in [-0.2, 0) is 4.79 Å². The van der Waals surface area contributed by atoms with Crippen LogP contribution in [0.15, 0.2) is 18.2 Å². The van der Waals surface area contributed by atoms with Crippen molar-refractivity contribution in [3.05, 3.63) is 29.6 Å². The summed E-state index contributed by atoms with van der Waals surface area (Å²) in [7, 11) is 0. The van der Waals surface area contributed by atoms with Gasteiger partial charge in [-0.15, -0.1) is 0 Å². The number of carbonyl (C=O) groups is 1. The van der Waals surface area contributed by atoms with Crippen molar-refractivity contribution in [1.29, 1.82) is 0 Å². The highest BCUT2D eigenvalue weighted by Crippen LogP contribution is 2.30. The van der Waals surface area contributed by atoms with Crippen molar-refractivity contribution in [2.45, 2.75) is 19.8 Å². The lowest BCUT2D eigenvalue weighted by Crippen LogP contribution is -2.13. The topological polar surface area (TPSA) is 26.3 Å². The van der Waals surface area contributed by atoms with Gasteiger partial charge in [-0.3, -0.25) is 4.79 Å². The van der Waals surface area contributed by atoms with Crippen LogP contribution in [0.4, 0.5) is 4.39 Å². The molecule has 0 spiro atoms. The van der Waals surface area contributed by atoms with E-state index in [0.717, 1.165) is 18.4 Å². The molecule has 0 heterocycles. The van der Waals surface area contributed by atoms with Gasteiger partial charge >= 0.3 is 0 Å². The standard InChI is InChI=1S/C12H13FO2/c1-8-6-10(13)4-5-12(8)15-7-11(14)9-2-3-9/h4-6,9H,2-3,7H2,1H3. The van der Waals surface area contributed by atoms with Gasteiger partial charge in [-0.1, -0.05) is 0 Å². The molecule has 1 aromatic carbocycles. The predicted octanol–water partition coefficient (Wildman–Crippen LogP) is 2.49. The van der Waals surface area contributed by atoms with Gasteiger partial charge in [0.15, 0.2) is 5.78 Å². The summed E-state index contributed by atoms with van der Waals surface area (Å²) >= 11 is 0. The number of benzene rings is 1. The van der Waals surface area contributed by atoms with Crippen molar-refractivity contribution in [1.82, 2.24) is 0 Å². The number of hydrogen-bond acceptors (Lipinski definition) is 2. The molecule has 2 rings (SSSR count). The fourth-order valence-corrected chi connectivity index (χ4v) is 1.45. The summed E-state index contributed by atoms with van der Waals surface area (Å²) in [5.74, 6) is 0.670. The summed E-state index contributed by atoms with van der Waals surface area (Å²) in [5, 5.41) is 0. The number of halogens is 1. The summed E-state index contributed by atoms with van der Waals surface area (Å²) in [6, 6.07) is 4.30. The zero-order chi connectivity index (χ0) is 10.8. The molecule has 2 nitrogen and oxygen atoms in total. The summed E-state index contributed by atoms with van der Waals surface area (Å²) in [5.41, 5.74) is 0.721. The van der Waals surface area contributed by atoms with Gasteiger partial charge in [0.2, 0.25) is 0 Å². The normalized spacial score (nSPS) is 15.1. The third kappa shape index (κ3) is 2.55. The molecular formula is C12H13FO2. The van der Waals surface area contributed by atoms with Gasteiger partial charge in [-0.25, -0.2) is 4.39 Å². The smallest absolute Gasteiger partial charge is 0.173 e. The van der Waals surface area contributed by atoms with Crippen LogP contribution in [0.3, 0.4) is 0 Å². The van der Waals surface area contributed by atoms with Crippen molar-refractivity contribution >= 4 is 5.78 Å². The lowest BCUT2D eigenvalue weighted by molar-refractivity contribution is -0.122. The van der Waals surface area contributed by atoms with Crippen molar-refractivity contribution in [3.63, 3.8) is 0 Å². The van der Waals surface area contributed by atoms with Crippen molar-refractivity contribution < 1.29 is 13.9 Å². The van der Waals surface area contributed by atoms with Gasteiger partial charge < -0.3 is 4.74 Å². The average Bonchev–Trinajstić information content (AvgIpc) is 2.99. The Hall–Kier alpha value is -1.38. The van der Waals surface area contributed by atoms with E-state index in [2.05, 4.69) is 0 Å². The molecule has 0 radical (unpaired) electrons. The first-order valence-electron chi connectivity index (χ1n) is 5.08. The summed E-state index contributed by atoms with van der Waals surface area (Å²) in [6.07, 6.45) is 1.98. The van der Waals surface area contributed by atoms with Crippen LogP contribution >= 0.6 is 0 Å². The summed E-state index contributed by atoms with van der Waals surface area (Å²) < 4.78 is 18.1. The Morgan fingerprint density at radius 2 is 2.27 bits per heavy atom. The van der Waals surface area contributed by atoms with Crippen LogP contribution in [0.1, 0.15) is 18.4 Å². The molecule has 0 unspecified atom stereocenters. The Labute approximate surface area is 88.1 Å². The fourth-order valence-electron chi connectivity index (χ4n) is 1.45. The zero-order valence-electron chi connectivity index (χ0n) is 8.63. The largest absolute Gasteiger partial charge is 0.486 e. The van der Waals surface area contributed by atoms with Crippen LogP contribution in [-0.4, -0.2) is 12.4 Å². The maximum absolute atomic E-state index is 12.8. The Morgan fingerprint density at radius 3 is 2.87 bits per heavy atom. The number of carbonyl (C=O) groups excluding carboxylic acids is 1. The van der Waals surface area contributed by atoms with E-state index in [4.69, 9.17) is 4.74 Å². The van der Waals surface area contributed by atoms with Crippen molar-refractivity contribution in [2.24, 2.45) is 5.92 Å². The summed E-state index contributed by atoms with van der Waals surface area (Å²) in [4.78, 5) is 11.4. The molecule has 0 N–H and O–H groups in total. The molecule has 15 heavy (non-hydrogen) atoms. The van der Waals surface area contributed by atoms with Gasteiger partial charge in [-0.05, 0) is 43.5 Å². The van der Waals surface area contributed by atoms with Crippen molar-refractivity contribution in [2.75, 3.05) is 6.61 Å². The molecular weight excluding hydrogens is 195 g/mol. The summed E-state index contributed by atoms with van der Waals surface area (Å²) in [6.45, 7) is 1.87. The first-order valence-corrected chi connectivity index (χ1v) is 5.08. The van der Waals surface area contributed by atoms with E-state index in [1.54, 1.807) is 13.0 Å². The van der Waals surface area contributed by atoms with Crippen LogP contribution < -0.4 is 4.74 Å². The molecule has 1 aliphatic carbocycles. The molecule has 0 saturated heterocycles. The highest BCUT2D eigenvalue weighted by atomic mass is 19.1. The molecule has 0 amide bonds. The zero-order valence-corrected chi connectivity index (χ0v) is 8.63. The quantitative estimate of drug-likeness (QED) is 0.759. The number of rotatable bonds is 4. The maximum Gasteiger partial charge on any atom is 0.173 e. The third-order valence-corrected chi connectivity index (χ3v) is 2.54. The SMILES string of the molecule is Cc1cc(F)ccc1OCC(=O)C1CC1. The van der Waals surface area contributed by atoms with E-state index in [1.165, 1.54) is 12.1 Å². The molecule has 0 aliphatic heterocycles. The molecule has 0 atom stereocenters. The van der Waals surface area contributed by atoms with E-state index >= 15 is 0 Å². The lowest BCUT2D eigenvalue weighted by atomic mass is 10.2. The predicted molar refractivity (Wildman–Crippen MR) is 54.4 cm³/mol. The Balaban J connectivity index is 1.95. The average molecular weight is 208 g/mol. The first-order chi connectivity index (χ1) is 7.16. The van der Waals surface area contributed by atoms with Crippen LogP contribution in [0.2, 0.25) is 0 Å². The lowest BCUT2D eigenvalue weighted by Gasteiger charge is -2.07. The van der Waals surface area contributed by atoms with Gasteiger partial charge in [0.05, 0.1) is 0 Å². The molecule has 0 aromatic heterocycles. The van der Waals surface area contributed by atoms with Gasteiger partial charge in [0.25, 0.3) is 0 Å². The van der Waals surface area contributed by atoms with E-state index in [-0.39, 0.29) is 24.1 Å². The van der Waals surface area contributed by atoms with Crippen LogP contribution in [0, 0.1) is 18.7 Å². The highest BCUT2D eigenvalue weighted by molar-refractivity contribution is 5.84. The minimum Gasteiger partial charge on any atom is -0.486 e. The maximum atomic E-state index is 12.8. The number of Topliss-reactive ketones (excluding diaryl/α,β-unsaturated/α-hetero) is 1. The molecule has 3 heteroatoms. The van der Waals surface area contributed by atoms with Gasteiger partial charge in [0, 0.05) is 5.92 Å². The minimum absolute atomic E-state index is 0.108. The molecule has 80 valence electrons. The fraction of sp³-hybridized carbons (Fsp3) is 0.417. The highest BCUT2D eigenvalue weighted by Gasteiger charge is 2.29. The van der Waals surface area contributed by atoms with E-state index in [0.29, 0.717) is 5.75 Å². The number of ketones is 1. The van der Waals surface area contributed by atoms with Crippen LogP contribution in [0.5, 0.6) is 5.75 Å². The second-order valence-corrected chi connectivity index (χ2v) is 3.94. The number of ether oxygens (including phenoxy) is 1. The van der Waals surface area contributed by atoms with E-state index in [1.807, 2.05) is 0 Å². The van der Waals surface area contributed by atoms with Gasteiger partial charge in [0.1, 0.15) is 18.2 Å². The second kappa shape index (κ2) is 4.01. The Kier molecular flexibility index (Phi) is 2.71. The Bertz CT molecular complexity index is 383. The Morgan fingerprint density at radius 1 is 1.53 bits per heavy atom. The van der Waals surface area contributed by atoms with E-state index in [9.17, 15) is 9.18 Å². The number of aryl methyl sites for hydroxylation is 1.